The molecule has 3 heteroatoms. The van der Waals surface area contributed by atoms with Gasteiger partial charge in [-0.25, -0.2) is 0 Å². The second kappa shape index (κ2) is 4.82. The first-order valence-corrected chi connectivity index (χ1v) is 9.25. The molecule has 1 amide bonds. The Morgan fingerprint density at radius 1 is 1.00 bits per heavy atom. The second-order valence-electron chi connectivity index (χ2n) is 8.88. The van der Waals surface area contributed by atoms with Gasteiger partial charge in [-0.3, -0.25) is 9.59 Å². The number of carbonyl (C=O) groups excluding carboxylic acids is 2. The minimum atomic E-state index is -0.0246. The van der Waals surface area contributed by atoms with Gasteiger partial charge in [0.2, 0.25) is 5.91 Å². The number of fused-ring (bicyclic) bond motifs is 5. The highest BCUT2D eigenvalue weighted by Gasteiger charge is 2.59. The standard InChI is InChI=1S/C19H29NO2/c1-18-9-10-20-17(22)11-12(18)3-4-13-14-5-6-16(21)19(14,2)8-7-15(13)18/h12-15H,3-11H2,1-2H3,(H,20,22). The predicted octanol–water partition coefficient (Wildman–Crippen LogP) is 3.32. The lowest BCUT2D eigenvalue weighted by Crippen LogP contribution is -2.52. The molecule has 1 saturated heterocycles. The maximum Gasteiger partial charge on any atom is 0.220 e. The summed E-state index contributed by atoms with van der Waals surface area (Å²) in [7, 11) is 0. The van der Waals surface area contributed by atoms with Gasteiger partial charge in [-0.15, -0.1) is 0 Å². The smallest absolute Gasteiger partial charge is 0.220 e. The lowest BCUT2D eigenvalue weighted by molar-refractivity contribution is -0.137. The molecular weight excluding hydrogens is 274 g/mol. The van der Waals surface area contributed by atoms with E-state index in [2.05, 4.69) is 19.2 Å². The molecule has 4 aliphatic rings. The third kappa shape index (κ3) is 1.86. The molecule has 22 heavy (non-hydrogen) atoms. The fourth-order valence-corrected chi connectivity index (χ4v) is 6.80. The van der Waals surface area contributed by atoms with Crippen LogP contribution >= 0.6 is 0 Å². The van der Waals surface area contributed by atoms with Crippen molar-refractivity contribution >= 4 is 11.7 Å². The fraction of sp³-hybridized carbons (Fsp3) is 0.895. The summed E-state index contributed by atoms with van der Waals surface area (Å²) in [5.41, 5.74) is 0.276. The third-order valence-electron chi connectivity index (χ3n) is 8.19. The second-order valence-corrected chi connectivity index (χ2v) is 8.88. The monoisotopic (exact) mass is 303 g/mol. The van der Waals surface area contributed by atoms with Crippen LogP contribution in [0.2, 0.25) is 0 Å². The molecule has 3 nitrogen and oxygen atoms in total. The van der Waals surface area contributed by atoms with Crippen LogP contribution in [0, 0.1) is 34.5 Å². The van der Waals surface area contributed by atoms with E-state index in [-0.39, 0.29) is 11.3 Å². The molecule has 6 unspecified atom stereocenters. The SMILES string of the molecule is CC12CCC3C(CCC4CC(=O)NCCC43C)C1CCC2=O. The van der Waals surface area contributed by atoms with Crippen molar-refractivity contribution in [3.63, 3.8) is 0 Å². The van der Waals surface area contributed by atoms with Gasteiger partial charge in [0.1, 0.15) is 5.78 Å². The molecule has 1 N–H and O–H groups in total. The highest BCUT2D eigenvalue weighted by atomic mass is 16.1. The number of rotatable bonds is 0. The minimum Gasteiger partial charge on any atom is -0.356 e. The van der Waals surface area contributed by atoms with E-state index in [4.69, 9.17) is 0 Å². The summed E-state index contributed by atoms with van der Waals surface area (Å²) < 4.78 is 0. The van der Waals surface area contributed by atoms with Gasteiger partial charge < -0.3 is 5.32 Å². The van der Waals surface area contributed by atoms with E-state index in [1.807, 2.05) is 0 Å². The summed E-state index contributed by atoms with van der Waals surface area (Å²) in [6.45, 7) is 5.54. The number of nitrogens with one attached hydrogen (secondary N) is 1. The van der Waals surface area contributed by atoms with Crippen molar-refractivity contribution < 1.29 is 9.59 Å². The van der Waals surface area contributed by atoms with Crippen molar-refractivity contribution in [2.24, 2.45) is 34.5 Å². The zero-order valence-electron chi connectivity index (χ0n) is 14.0. The summed E-state index contributed by atoms with van der Waals surface area (Å²) in [5.74, 6) is 3.40. The van der Waals surface area contributed by atoms with Crippen LogP contribution in [0.25, 0.3) is 0 Å². The Balaban J connectivity index is 1.66. The van der Waals surface area contributed by atoms with Gasteiger partial charge in [0, 0.05) is 24.8 Å². The van der Waals surface area contributed by atoms with Gasteiger partial charge in [-0.1, -0.05) is 13.8 Å². The van der Waals surface area contributed by atoms with Crippen molar-refractivity contribution in [3.8, 4) is 0 Å². The van der Waals surface area contributed by atoms with Gasteiger partial charge in [0.25, 0.3) is 0 Å². The average molecular weight is 303 g/mol. The average Bonchev–Trinajstić information content (AvgIpc) is 2.68. The van der Waals surface area contributed by atoms with E-state index in [1.165, 1.54) is 19.3 Å². The molecule has 0 spiro atoms. The Morgan fingerprint density at radius 3 is 2.64 bits per heavy atom. The number of hydrogen-bond acceptors (Lipinski definition) is 2. The molecule has 1 aliphatic heterocycles. The van der Waals surface area contributed by atoms with E-state index >= 15 is 0 Å². The van der Waals surface area contributed by atoms with Crippen molar-refractivity contribution in [2.75, 3.05) is 6.54 Å². The molecule has 0 aromatic rings. The van der Waals surface area contributed by atoms with Gasteiger partial charge in [0.05, 0.1) is 0 Å². The highest BCUT2D eigenvalue weighted by molar-refractivity contribution is 5.87. The number of carbonyl (C=O) groups is 2. The summed E-state index contributed by atoms with van der Waals surface area (Å²) >= 11 is 0. The lowest BCUT2D eigenvalue weighted by atomic mass is 9.47. The molecule has 4 fully saturated rings. The molecular formula is C19H29NO2. The summed E-state index contributed by atoms with van der Waals surface area (Å²) in [6.07, 6.45) is 8.49. The van der Waals surface area contributed by atoms with Gasteiger partial charge in [0.15, 0.2) is 0 Å². The zero-order chi connectivity index (χ0) is 15.5. The Hall–Kier alpha value is -0.860. The molecule has 0 aromatic heterocycles. The Morgan fingerprint density at radius 2 is 1.82 bits per heavy atom. The topological polar surface area (TPSA) is 46.2 Å². The van der Waals surface area contributed by atoms with Crippen molar-refractivity contribution in [1.29, 1.82) is 0 Å². The van der Waals surface area contributed by atoms with Crippen LogP contribution in [0.4, 0.5) is 0 Å². The summed E-state index contributed by atoms with van der Waals surface area (Å²) in [5, 5.41) is 3.09. The quantitative estimate of drug-likeness (QED) is 0.746. The number of hydrogen-bond donors (Lipinski definition) is 1. The predicted molar refractivity (Wildman–Crippen MR) is 85.1 cm³/mol. The molecule has 6 atom stereocenters. The summed E-state index contributed by atoms with van der Waals surface area (Å²) in [4.78, 5) is 24.4. The number of Topliss-reactive ketones (excluding diaryl/α,β-unsaturated/α-hetero) is 1. The van der Waals surface area contributed by atoms with Crippen LogP contribution in [0.1, 0.15) is 65.2 Å². The molecule has 0 aromatic carbocycles. The van der Waals surface area contributed by atoms with E-state index < -0.39 is 0 Å². The van der Waals surface area contributed by atoms with Crippen LogP contribution in [-0.4, -0.2) is 18.2 Å². The molecule has 3 aliphatic carbocycles. The first kappa shape index (κ1) is 14.7. The van der Waals surface area contributed by atoms with Crippen molar-refractivity contribution in [3.05, 3.63) is 0 Å². The first-order valence-electron chi connectivity index (χ1n) is 9.25. The van der Waals surface area contributed by atoms with E-state index in [1.54, 1.807) is 0 Å². The molecule has 4 rings (SSSR count). The van der Waals surface area contributed by atoms with Gasteiger partial charge in [-0.2, -0.15) is 0 Å². The highest BCUT2D eigenvalue weighted by Crippen LogP contribution is 2.64. The first-order chi connectivity index (χ1) is 10.4. The number of amides is 1. The third-order valence-corrected chi connectivity index (χ3v) is 8.19. The zero-order valence-corrected chi connectivity index (χ0v) is 14.0. The van der Waals surface area contributed by atoms with E-state index in [9.17, 15) is 9.59 Å². The molecule has 3 saturated carbocycles. The van der Waals surface area contributed by atoms with Gasteiger partial charge in [-0.05, 0) is 67.6 Å². The van der Waals surface area contributed by atoms with Crippen LogP contribution in [0.5, 0.6) is 0 Å². The van der Waals surface area contributed by atoms with Crippen LogP contribution in [0.15, 0.2) is 0 Å². The normalized spacial score (nSPS) is 51.4. The molecule has 1 heterocycles. The van der Waals surface area contributed by atoms with Crippen LogP contribution in [0.3, 0.4) is 0 Å². The molecule has 0 bridgehead atoms. The maximum absolute atomic E-state index is 12.4. The lowest BCUT2D eigenvalue weighted by Gasteiger charge is -2.57. The van der Waals surface area contributed by atoms with Crippen LogP contribution in [-0.2, 0) is 9.59 Å². The molecule has 122 valence electrons. The fourth-order valence-electron chi connectivity index (χ4n) is 6.80. The largest absolute Gasteiger partial charge is 0.356 e. The van der Waals surface area contributed by atoms with Crippen molar-refractivity contribution in [1.82, 2.24) is 5.32 Å². The van der Waals surface area contributed by atoms with Crippen molar-refractivity contribution in [2.45, 2.75) is 65.2 Å². The van der Waals surface area contributed by atoms with Crippen LogP contribution < -0.4 is 5.32 Å². The van der Waals surface area contributed by atoms with Gasteiger partial charge >= 0.3 is 0 Å². The summed E-state index contributed by atoms with van der Waals surface area (Å²) in [6, 6.07) is 0. The molecule has 0 radical (unpaired) electrons. The Kier molecular flexibility index (Phi) is 3.22. The number of ketones is 1. The Labute approximate surface area is 133 Å². The van der Waals surface area contributed by atoms with E-state index in [0.29, 0.717) is 23.0 Å². The minimum absolute atomic E-state index is 0.0246. The Bertz CT molecular complexity index is 516. The van der Waals surface area contributed by atoms with E-state index in [0.717, 1.165) is 50.5 Å². The maximum atomic E-state index is 12.4.